The van der Waals surface area contributed by atoms with Gasteiger partial charge < -0.3 is 14.4 Å². The number of piperidine rings is 1. The molecule has 0 aromatic heterocycles. The average molecular weight is 255 g/mol. The molecule has 5 nitrogen and oxygen atoms in total. The molecule has 0 saturated carbocycles. The molecule has 0 aliphatic carbocycles. The molecule has 2 aliphatic heterocycles. The Labute approximate surface area is 107 Å². The third-order valence-corrected chi connectivity index (χ3v) is 3.56. The van der Waals surface area contributed by atoms with E-state index < -0.39 is 0 Å². The molecule has 2 aliphatic rings. The number of esters is 1. The topological polar surface area (TPSA) is 55.8 Å². The van der Waals surface area contributed by atoms with E-state index in [1.165, 1.54) is 0 Å². The van der Waals surface area contributed by atoms with Crippen LogP contribution in [0.1, 0.15) is 32.6 Å². The van der Waals surface area contributed by atoms with Crippen LogP contribution in [0.4, 0.5) is 0 Å². The summed E-state index contributed by atoms with van der Waals surface area (Å²) in [5.74, 6) is -0.298. The van der Waals surface area contributed by atoms with Crippen molar-refractivity contribution in [3.05, 3.63) is 0 Å². The fraction of sp³-hybridized carbons (Fsp3) is 0.846. The number of hydrogen-bond donors (Lipinski definition) is 0. The Hall–Kier alpha value is -1.10. The molecule has 2 fully saturated rings. The first-order valence-electron chi connectivity index (χ1n) is 6.79. The highest BCUT2D eigenvalue weighted by Gasteiger charge is 2.34. The summed E-state index contributed by atoms with van der Waals surface area (Å²) in [5.41, 5.74) is 0. The van der Waals surface area contributed by atoms with Gasteiger partial charge in [0.1, 0.15) is 6.10 Å². The van der Waals surface area contributed by atoms with Gasteiger partial charge in [-0.05, 0) is 32.6 Å². The van der Waals surface area contributed by atoms with Gasteiger partial charge in [-0.15, -0.1) is 0 Å². The van der Waals surface area contributed by atoms with Crippen LogP contribution in [-0.2, 0) is 19.1 Å². The standard InChI is InChI=1S/C13H21NO4/c1-2-17-13(16)10-5-3-7-14(9-10)12(15)11-6-4-8-18-11/h10-11H,2-9H2,1H3/t10-,11+/m1/s1. The summed E-state index contributed by atoms with van der Waals surface area (Å²) < 4.78 is 10.4. The Morgan fingerprint density at radius 2 is 2.17 bits per heavy atom. The Morgan fingerprint density at radius 1 is 1.33 bits per heavy atom. The molecule has 2 atom stereocenters. The first-order valence-corrected chi connectivity index (χ1v) is 6.79. The van der Waals surface area contributed by atoms with Crippen molar-refractivity contribution in [2.45, 2.75) is 38.7 Å². The van der Waals surface area contributed by atoms with E-state index in [4.69, 9.17) is 9.47 Å². The maximum atomic E-state index is 12.2. The molecule has 0 radical (unpaired) electrons. The Kier molecular flexibility index (Phi) is 4.58. The van der Waals surface area contributed by atoms with Gasteiger partial charge in [0, 0.05) is 19.7 Å². The van der Waals surface area contributed by atoms with E-state index in [0.717, 1.165) is 32.2 Å². The second-order valence-electron chi connectivity index (χ2n) is 4.88. The minimum absolute atomic E-state index is 0.0431. The lowest BCUT2D eigenvalue weighted by Gasteiger charge is -2.32. The maximum Gasteiger partial charge on any atom is 0.310 e. The van der Waals surface area contributed by atoms with Crippen LogP contribution in [0.2, 0.25) is 0 Å². The molecule has 2 saturated heterocycles. The maximum absolute atomic E-state index is 12.2. The molecule has 0 spiro atoms. The number of carbonyl (C=O) groups is 2. The van der Waals surface area contributed by atoms with Gasteiger partial charge >= 0.3 is 5.97 Å². The van der Waals surface area contributed by atoms with Gasteiger partial charge in [-0.1, -0.05) is 0 Å². The van der Waals surface area contributed by atoms with Gasteiger partial charge in [0.2, 0.25) is 0 Å². The normalized spacial score (nSPS) is 28.2. The lowest BCUT2D eigenvalue weighted by atomic mass is 9.97. The van der Waals surface area contributed by atoms with Gasteiger partial charge in [-0.3, -0.25) is 9.59 Å². The second-order valence-corrected chi connectivity index (χ2v) is 4.88. The molecular weight excluding hydrogens is 234 g/mol. The molecular formula is C13H21NO4. The van der Waals surface area contributed by atoms with Crippen molar-refractivity contribution in [2.75, 3.05) is 26.3 Å². The smallest absolute Gasteiger partial charge is 0.310 e. The molecule has 102 valence electrons. The van der Waals surface area contributed by atoms with Crippen molar-refractivity contribution >= 4 is 11.9 Å². The van der Waals surface area contributed by atoms with E-state index in [9.17, 15) is 9.59 Å². The number of nitrogens with zero attached hydrogens (tertiary/aromatic N) is 1. The number of carbonyl (C=O) groups excluding carboxylic acids is 2. The second kappa shape index (κ2) is 6.18. The van der Waals surface area contributed by atoms with E-state index in [1.54, 1.807) is 11.8 Å². The highest BCUT2D eigenvalue weighted by atomic mass is 16.5. The van der Waals surface area contributed by atoms with Gasteiger partial charge in [-0.25, -0.2) is 0 Å². The number of hydrogen-bond acceptors (Lipinski definition) is 4. The van der Waals surface area contributed by atoms with Crippen LogP contribution in [0.15, 0.2) is 0 Å². The van der Waals surface area contributed by atoms with Crippen molar-refractivity contribution in [2.24, 2.45) is 5.92 Å². The van der Waals surface area contributed by atoms with Crippen molar-refractivity contribution in [1.82, 2.24) is 4.90 Å². The third-order valence-electron chi connectivity index (χ3n) is 3.56. The van der Waals surface area contributed by atoms with E-state index in [0.29, 0.717) is 19.8 Å². The van der Waals surface area contributed by atoms with Gasteiger partial charge in [0.25, 0.3) is 5.91 Å². The van der Waals surface area contributed by atoms with Gasteiger partial charge in [0.05, 0.1) is 12.5 Å². The van der Waals surface area contributed by atoms with Crippen molar-refractivity contribution in [3.8, 4) is 0 Å². The average Bonchev–Trinajstić information content (AvgIpc) is 2.92. The number of rotatable bonds is 3. The quantitative estimate of drug-likeness (QED) is 0.705. The predicted octanol–water partition coefficient (Wildman–Crippen LogP) is 0.967. The molecule has 0 bridgehead atoms. The number of amides is 1. The van der Waals surface area contributed by atoms with E-state index in [2.05, 4.69) is 0 Å². The zero-order valence-corrected chi connectivity index (χ0v) is 10.9. The van der Waals surface area contributed by atoms with Crippen molar-refractivity contribution in [1.29, 1.82) is 0 Å². The largest absolute Gasteiger partial charge is 0.466 e. The van der Waals surface area contributed by atoms with Gasteiger partial charge in [0.15, 0.2) is 0 Å². The highest BCUT2D eigenvalue weighted by Crippen LogP contribution is 2.21. The summed E-state index contributed by atoms with van der Waals surface area (Å²) in [4.78, 5) is 25.6. The molecule has 0 aromatic rings. The van der Waals surface area contributed by atoms with Crippen LogP contribution in [0.5, 0.6) is 0 Å². The van der Waals surface area contributed by atoms with Gasteiger partial charge in [-0.2, -0.15) is 0 Å². The van der Waals surface area contributed by atoms with Crippen LogP contribution in [0, 0.1) is 5.92 Å². The molecule has 18 heavy (non-hydrogen) atoms. The third kappa shape index (κ3) is 3.02. The van der Waals surface area contributed by atoms with Crippen LogP contribution >= 0.6 is 0 Å². The zero-order valence-electron chi connectivity index (χ0n) is 10.9. The Bertz CT molecular complexity index is 312. The fourth-order valence-electron chi connectivity index (χ4n) is 2.61. The molecule has 0 unspecified atom stereocenters. The summed E-state index contributed by atoms with van der Waals surface area (Å²) in [6.07, 6.45) is 3.15. The Balaban J connectivity index is 1.89. The van der Waals surface area contributed by atoms with E-state index >= 15 is 0 Å². The van der Waals surface area contributed by atoms with E-state index in [1.807, 2.05) is 0 Å². The zero-order chi connectivity index (χ0) is 13.0. The fourth-order valence-corrected chi connectivity index (χ4v) is 2.61. The molecule has 1 amide bonds. The van der Waals surface area contributed by atoms with Crippen molar-refractivity contribution < 1.29 is 19.1 Å². The SMILES string of the molecule is CCOC(=O)[C@@H]1CCCN(C(=O)[C@@H]2CCCO2)C1. The predicted molar refractivity (Wildman–Crippen MR) is 64.9 cm³/mol. The van der Waals surface area contributed by atoms with Crippen LogP contribution in [0.25, 0.3) is 0 Å². The molecule has 0 N–H and O–H groups in total. The molecule has 2 heterocycles. The van der Waals surface area contributed by atoms with E-state index in [-0.39, 0.29) is 23.9 Å². The minimum Gasteiger partial charge on any atom is -0.466 e. The number of ether oxygens (including phenoxy) is 2. The van der Waals surface area contributed by atoms with Crippen LogP contribution < -0.4 is 0 Å². The highest BCUT2D eigenvalue weighted by molar-refractivity contribution is 5.82. The number of likely N-dealkylation sites (tertiary alicyclic amines) is 1. The lowest BCUT2D eigenvalue weighted by Crippen LogP contribution is -2.46. The van der Waals surface area contributed by atoms with Crippen LogP contribution in [-0.4, -0.2) is 49.2 Å². The first kappa shape index (κ1) is 13.3. The summed E-state index contributed by atoms with van der Waals surface area (Å²) >= 11 is 0. The molecule has 5 heteroatoms. The molecule has 0 aromatic carbocycles. The summed E-state index contributed by atoms with van der Waals surface area (Å²) in [6, 6.07) is 0. The first-order chi connectivity index (χ1) is 8.72. The Morgan fingerprint density at radius 3 is 2.83 bits per heavy atom. The van der Waals surface area contributed by atoms with Crippen molar-refractivity contribution in [3.63, 3.8) is 0 Å². The summed E-state index contributed by atoms with van der Waals surface area (Å²) in [6.45, 7) is 4.09. The summed E-state index contributed by atoms with van der Waals surface area (Å²) in [7, 11) is 0. The minimum atomic E-state index is -0.286. The van der Waals surface area contributed by atoms with Crippen LogP contribution in [0.3, 0.4) is 0 Å². The monoisotopic (exact) mass is 255 g/mol. The summed E-state index contributed by atoms with van der Waals surface area (Å²) in [5, 5.41) is 0. The molecule has 2 rings (SSSR count). The lowest BCUT2D eigenvalue weighted by molar-refractivity contribution is -0.153.